The topological polar surface area (TPSA) is 63.4 Å². The predicted molar refractivity (Wildman–Crippen MR) is 70.5 cm³/mol. The van der Waals surface area contributed by atoms with Crippen LogP contribution in [0.15, 0.2) is 30.3 Å². The minimum Gasteiger partial charge on any atom is -0.369 e. The van der Waals surface area contributed by atoms with Gasteiger partial charge in [0.25, 0.3) is 0 Å². The second-order valence-corrected chi connectivity index (χ2v) is 4.58. The molecule has 1 aromatic carbocycles. The summed E-state index contributed by atoms with van der Waals surface area (Å²) in [5.41, 5.74) is 6.25. The van der Waals surface area contributed by atoms with Gasteiger partial charge in [0.2, 0.25) is 11.8 Å². The Morgan fingerprint density at radius 1 is 1.28 bits per heavy atom. The smallest absolute Gasteiger partial charge is 0.222 e. The van der Waals surface area contributed by atoms with Gasteiger partial charge in [0, 0.05) is 25.9 Å². The van der Waals surface area contributed by atoms with Crippen LogP contribution in [-0.4, -0.2) is 23.8 Å². The first kappa shape index (κ1) is 14.2. The van der Waals surface area contributed by atoms with E-state index in [1.165, 1.54) is 0 Å². The Balaban J connectivity index is 2.40. The van der Waals surface area contributed by atoms with Crippen LogP contribution in [-0.2, 0) is 16.1 Å². The Labute approximate surface area is 108 Å². The number of nitrogens with zero attached hydrogens (tertiary/aromatic N) is 1. The van der Waals surface area contributed by atoms with Gasteiger partial charge in [-0.3, -0.25) is 9.59 Å². The number of nitrogens with two attached hydrogens (primary N) is 1. The summed E-state index contributed by atoms with van der Waals surface area (Å²) in [6.45, 7) is 2.33. The number of amides is 2. The first-order valence-electron chi connectivity index (χ1n) is 6.08. The van der Waals surface area contributed by atoms with Crippen molar-refractivity contribution in [2.75, 3.05) is 7.05 Å². The number of benzene rings is 1. The Hall–Kier alpha value is -1.84. The lowest BCUT2D eigenvalue weighted by atomic mass is 10.0. The molecule has 0 fully saturated rings. The van der Waals surface area contributed by atoms with E-state index in [0.717, 1.165) is 5.56 Å². The molecule has 4 heteroatoms. The van der Waals surface area contributed by atoms with Crippen molar-refractivity contribution in [2.45, 2.75) is 26.3 Å². The number of primary amides is 1. The maximum atomic E-state index is 11.8. The van der Waals surface area contributed by atoms with Crippen LogP contribution in [0.1, 0.15) is 25.3 Å². The maximum Gasteiger partial charge on any atom is 0.222 e. The van der Waals surface area contributed by atoms with Crippen molar-refractivity contribution in [3.8, 4) is 0 Å². The van der Waals surface area contributed by atoms with Crippen LogP contribution in [0.25, 0.3) is 0 Å². The molecule has 0 aliphatic heterocycles. The molecule has 18 heavy (non-hydrogen) atoms. The van der Waals surface area contributed by atoms with Crippen molar-refractivity contribution in [1.82, 2.24) is 4.90 Å². The van der Waals surface area contributed by atoms with E-state index in [4.69, 9.17) is 5.73 Å². The Morgan fingerprint density at radius 3 is 2.44 bits per heavy atom. The molecule has 1 rings (SSSR count). The van der Waals surface area contributed by atoms with Gasteiger partial charge in [-0.25, -0.2) is 0 Å². The average molecular weight is 248 g/mol. The fourth-order valence-corrected chi connectivity index (χ4v) is 1.62. The third-order valence-corrected chi connectivity index (χ3v) is 2.97. The summed E-state index contributed by atoms with van der Waals surface area (Å²) in [4.78, 5) is 24.4. The van der Waals surface area contributed by atoms with Crippen LogP contribution < -0.4 is 5.73 Å². The zero-order chi connectivity index (χ0) is 13.5. The quantitative estimate of drug-likeness (QED) is 0.830. The van der Waals surface area contributed by atoms with Crippen molar-refractivity contribution in [2.24, 2.45) is 11.7 Å². The lowest BCUT2D eigenvalue weighted by Gasteiger charge is -2.18. The van der Waals surface area contributed by atoms with E-state index in [2.05, 4.69) is 0 Å². The normalized spacial score (nSPS) is 11.9. The molecule has 0 bridgehead atoms. The SMILES string of the molecule is C[C@@H](CCC(=O)N(C)Cc1ccccc1)C(N)=O. The average Bonchev–Trinajstić information content (AvgIpc) is 2.36. The van der Waals surface area contributed by atoms with E-state index < -0.39 is 0 Å². The fraction of sp³-hybridized carbons (Fsp3) is 0.429. The fourth-order valence-electron chi connectivity index (χ4n) is 1.62. The summed E-state index contributed by atoms with van der Waals surface area (Å²) in [6.07, 6.45) is 0.862. The van der Waals surface area contributed by atoms with Crippen LogP contribution >= 0.6 is 0 Å². The first-order valence-corrected chi connectivity index (χ1v) is 6.08. The van der Waals surface area contributed by atoms with E-state index in [9.17, 15) is 9.59 Å². The lowest BCUT2D eigenvalue weighted by Crippen LogP contribution is -2.28. The molecule has 4 nitrogen and oxygen atoms in total. The number of rotatable bonds is 6. The third-order valence-electron chi connectivity index (χ3n) is 2.97. The standard InChI is InChI=1S/C14H20N2O2/c1-11(14(15)18)8-9-13(17)16(2)10-12-6-4-3-5-7-12/h3-7,11H,8-10H2,1-2H3,(H2,15,18)/t11-/m0/s1. The van der Waals surface area contributed by atoms with E-state index in [-0.39, 0.29) is 17.7 Å². The zero-order valence-electron chi connectivity index (χ0n) is 10.9. The highest BCUT2D eigenvalue weighted by molar-refractivity contribution is 5.79. The Kier molecular flexibility index (Phi) is 5.36. The van der Waals surface area contributed by atoms with E-state index in [1.807, 2.05) is 30.3 Å². The third kappa shape index (κ3) is 4.57. The Bertz CT molecular complexity index is 404. The molecule has 0 unspecified atom stereocenters. The van der Waals surface area contributed by atoms with Gasteiger partial charge < -0.3 is 10.6 Å². The van der Waals surface area contributed by atoms with Gasteiger partial charge in [-0.2, -0.15) is 0 Å². The number of carbonyl (C=O) groups excluding carboxylic acids is 2. The van der Waals surface area contributed by atoms with Gasteiger partial charge in [-0.1, -0.05) is 37.3 Å². The molecule has 0 aliphatic rings. The maximum absolute atomic E-state index is 11.8. The summed E-state index contributed by atoms with van der Waals surface area (Å²) in [5, 5.41) is 0. The summed E-state index contributed by atoms with van der Waals surface area (Å²) in [5.74, 6) is -0.570. The minimum atomic E-state index is -0.353. The minimum absolute atomic E-state index is 0.0342. The van der Waals surface area contributed by atoms with Crippen LogP contribution in [0.2, 0.25) is 0 Å². The molecular weight excluding hydrogens is 228 g/mol. The van der Waals surface area contributed by atoms with Gasteiger partial charge >= 0.3 is 0 Å². The molecule has 0 spiro atoms. The highest BCUT2D eigenvalue weighted by Gasteiger charge is 2.14. The van der Waals surface area contributed by atoms with Crippen molar-refractivity contribution >= 4 is 11.8 Å². The second-order valence-electron chi connectivity index (χ2n) is 4.58. The molecule has 0 heterocycles. The van der Waals surface area contributed by atoms with Gasteiger partial charge in [0.1, 0.15) is 0 Å². The molecule has 2 amide bonds. The molecule has 0 radical (unpaired) electrons. The predicted octanol–water partition coefficient (Wildman–Crippen LogP) is 1.55. The molecule has 1 aromatic rings. The summed E-state index contributed by atoms with van der Waals surface area (Å²) >= 11 is 0. The summed E-state index contributed by atoms with van der Waals surface area (Å²) < 4.78 is 0. The molecule has 2 N–H and O–H groups in total. The summed E-state index contributed by atoms with van der Waals surface area (Å²) in [6, 6.07) is 9.80. The largest absolute Gasteiger partial charge is 0.369 e. The monoisotopic (exact) mass is 248 g/mol. The van der Waals surface area contributed by atoms with Crippen molar-refractivity contribution in [3.63, 3.8) is 0 Å². The van der Waals surface area contributed by atoms with Crippen LogP contribution in [0.4, 0.5) is 0 Å². The lowest BCUT2D eigenvalue weighted by molar-refractivity contribution is -0.131. The first-order chi connectivity index (χ1) is 8.50. The number of hydrogen-bond acceptors (Lipinski definition) is 2. The van der Waals surface area contributed by atoms with Crippen molar-refractivity contribution < 1.29 is 9.59 Å². The second kappa shape index (κ2) is 6.79. The van der Waals surface area contributed by atoms with Gasteiger partial charge in [0.15, 0.2) is 0 Å². The summed E-state index contributed by atoms with van der Waals surface area (Å²) in [7, 11) is 1.77. The molecule has 1 atom stereocenters. The van der Waals surface area contributed by atoms with Crippen molar-refractivity contribution in [1.29, 1.82) is 0 Å². The Morgan fingerprint density at radius 2 is 1.89 bits per heavy atom. The van der Waals surface area contributed by atoms with Crippen LogP contribution in [0, 0.1) is 5.92 Å². The molecule has 0 saturated carbocycles. The van der Waals surface area contributed by atoms with Crippen LogP contribution in [0.3, 0.4) is 0 Å². The van der Waals surface area contributed by atoms with E-state index in [0.29, 0.717) is 19.4 Å². The zero-order valence-corrected chi connectivity index (χ0v) is 10.9. The van der Waals surface area contributed by atoms with Crippen LogP contribution in [0.5, 0.6) is 0 Å². The molecule has 0 aliphatic carbocycles. The van der Waals surface area contributed by atoms with Gasteiger partial charge in [-0.15, -0.1) is 0 Å². The van der Waals surface area contributed by atoms with Gasteiger partial charge in [-0.05, 0) is 12.0 Å². The highest BCUT2D eigenvalue weighted by atomic mass is 16.2. The van der Waals surface area contributed by atoms with Gasteiger partial charge in [0.05, 0.1) is 0 Å². The number of hydrogen-bond donors (Lipinski definition) is 1. The molecule has 0 aromatic heterocycles. The molecule has 0 saturated heterocycles. The van der Waals surface area contributed by atoms with E-state index >= 15 is 0 Å². The molecule has 98 valence electrons. The van der Waals surface area contributed by atoms with Crippen molar-refractivity contribution in [3.05, 3.63) is 35.9 Å². The molecular formula is C14H20N2O2. The number of carbonyl (C=O) groups is 2. The van der Waals surface area contributed by atoms with E-state index in [1.54, 1.807) is 18.9 Å². The highest BCUT2D eigenvalue weighted by Crippen LogP contribution is 2.09.